The zero-order valence-corrected chi connectivity index (χ0v) is 16.1. The maximum absolute atomic E-state index is 14.7. The van der Waals surface area contributed by atoms with Crippen molar-refractivity contribution < 1.29 is 27.5 Å². The van der Waals surface area contributed by atoms with Crippen LogP contribution >= 0.6 is 0 Å². The molecule has 29 heavy (non-hydrogen) atoms. The lowest BCUT2D eigenvalue weighted by Gasteiger charge is -2.30. The van der Waals surface area contributed by atoms with E-state index in [1.807, 2.05) is 0 Å². The molecule has 0 aromatic heterocycles. The molecule has 2 fully saturated rings. The van der Waals surface area contributed by atoms with Crippen molar-refractivity contribution in [3.05, 3.63) is 77.1 Å². The minimum atomic E-state index is -3.36. The number of Topliss-reactive ketones (excluding diaryl/α,β-unsaturated/α-hetero) is 1. The Morgan fingerprint density at radius 2 is 1.69 bits per heavy atom. The summed E-state index contributed by atoms with van der Waals surface area (Å²) in [6.45, 7) is 0. The number of hydrogen-bond acceptors (Lipinski definition) is 5. The molecule has 2 aliphatic heterocycles. The lowest BCUT2D eigenvalue weighted by Crippen LogP contribution is -2.40. The van der Waals surface area contributed by atoms with Crippen LogP contribution in [0.25, 0.3) is 5.76 Å². The average molecular weight is 415 g/mol. The second-order valence-corrected chi connectivity index (χ2v) is 9.38. The Morgan fingerprint density at radius 1 is 1.03 bits per heavy atom. The molecule has 1 amide bonds. The Bertz CT molecular complexity index is 1130. The number of halogens is 1. The number of benzene rings is 2. The Labute approximate surface area is 167 Å². The normalized spacial score (nSPS) is 25.5. The first-order valence-electron chi connectivity index (χ1n) is 9.10. The summed E-state index contributed by atoms with van der Waals surface area (Å²) in [6, 6.07) is 11.9. The summed E-state index contributed by atoms with van der Waals surface area (Å²) >= 11 is 0. The molecule has 0 bridgehead atoms. The van der Waals surface area contributed by atoms with Gasteiger partial charge in [-0.1, -0.05) is 48.5 Å². The maximum atomic E-state index is 14.7. The average Bonchev–Trinajstić information content (AvgIpc) is 3.19. The van der Waals surface area contributed by atoms with Gasteiger partial charge in [-0.2, -0.15) is 0 Å². The van der Waals surface area contributed by atoms with Crippen LogP contribution in [0.3, 0.4) is 0 Å². The van der Waals surface area contributed by atoms with E-state index < -0.39 is 45.2 Å². The molecule has 2 aromatic rings. The van der Waals surface area contributed by atoms with Gasteiger partial charge in [0.25, 0.3) is 11.7 Å². The molecular formula is C21H18FNO5S. The fourth-order valence-electron chi connectivity index (χ4n) is 3.98. The van der Waals surface area contributed by atoms with Crippen molar-refractivity contribution >= 4 is 27.3 Å². The molecule has 2 aliphatic rings. The summed E-state index contributed by atoms with van der Waals surface area (Å²) in [6.07, 6.45) is 0.158. The highest BCUT2D eigenvalue weighted by Gasteiger charge is 2.51. The van der Waals surface area contributed by atoms with Crippen molar-refractivity contribution in [2.75, 3.05) is 11.5 Å². The van der Waals surface area contributed by atoms with Gasteiger partial charge in [0.15, 0.2) is 9.84 Å². The van der Waals surface area contributed by atoms with Crippen LogP contribution in [0, 0.1) is 5.82 Å². The molecule has 0 aliphatic carbocycles. The fraction of sp³-hybridized carbons (Fsp3) is 0.238. The van der Waals surface area contributed by atoms with Crippen molar-refractivity contribution in [2.24, 2.45) is 0 Å². The number of hydrogen-bond donors (Lipinski definition) is 1. The highest BCUT2D eigenvalue weighted by molar-refractivity contribution is 7.91. The molecule has 4 rings (SSSR count). The molecule has 0 spiro atoms. The first kappa shape index (κ1) is 19.3. The van der Waals surface area contributed by atoms with Crippen LogP contribution in [-0.4, -0.2) is 47.7 Å². The third-order valence-electron chi connectivity index (χ3n) is 5.33. The monoisotopic (exact) mass is 415 g/mol. The number of carbonyl (C=O) groups excluding carboxylic acids is 2. The molecule has 6 nitrogen and oxygen atoms in total. The van der Waals surface area contributed by atoms with E-state index in [9.17, 15) is 27.5 Å². The van der Waals surface area contributed by atoms with Gasteiger partial charge in [-0.25, -0.2) is 12.8 Å². The molecule has 150 valence electrons. The largest absolute Gasteiger partial charge is 0.507 e. The number of nitrogens with zero attached hydrogens (tertiary/aromatic N) is 1. The van der Waals surface area contributed by atoms with Crippen LogP contribution in [0.15, 0.2) is 60.2 Å². The van der Waals surface area contributed by atoms with Gasteiger partial charge in [0, 0.05) is 17.2 Å². The predicted molar refractivity (Wildman–Crippen MR) is 104 cm³/mol. The quantitative estimate of drug-likeness (QED) is 0.472. The Kier molecular flexibility index (Phi) is 4.74. The maximum Gasteiger partial charge on any atom is 0.295 e. The van der Waals surface area contributed by atoms with Gasteiger partial charge in [0.2, 0.25) is 0 Å². The fourth-order valence-corrected chi connectivity index (χ4v) is 5.69. The predicted octanol–water partition coefficient (Wildman–Crippen LogP) is 2.43. The number of carbonyl (C=O) groups is 2. The van der Waals surface area contributed by atoms with E-state index in [0.29, 0.717) is 5.56 Å². The molecule has 2 heterocycles. The van der Waals surface area contributed by atoms with Gasteiger partial charge in [-0.15, -0.1) is 0 Å². The third-order valence-corrected chi connectivity index (χ3v) is 7.08. The molecule has 2 unspecified atom stereocenters. The summed E-state index contributed by atoms with van der Waals surface area (Å²) < 4.78 is 38.6. The molecular weight excluding hydrogens is 397 g/mol. The van der Waals surface area contributed by atoms with Crippen LogP contribution in [-0.2, 0) is 19.4 Å². The number of aliphatic hydroxyl groups is 1. The minimum absolute atomic E-state index is 0.0356. The van der Waals surface area contributed by atoms with Gasteiger partial charge in [0.05, 0.1) is 23.1 Å². The van der Waals surface area contributed by atoms with Crippen molar-refractivity contribution in [1.29, 1.82) is 0 Å². The molecule has 1 N–H and O–H groups in total. The van der Waals surface area contributed by atoms with E-state index in [1.54, 1.807) is 36.4 Å². The number of ketones is 1. The Morgan fingerprint density at radius 3 is 2.31 bits per heavy atom. The third kappa shape index (κ3) is 3.33. The van der Waals surface area contributed by atoms with Crippen molar-refractivity contribution in [3.8, 4) is 0 Å². The summed E-state index contributed by atoms with van der Waals surface area (Å²) in [7, 11) is -3.36. The van der Waals surface area contributed by atoms with E-state index >= 15 is 0 Å². The molecule has 0 radical (unpaired) electrons. The number of aliphatic hydroxyl groups excluding tert-OH is 1. The van der Waals surface area contributed by atoms with Gasteiger partial charge >= 0.3 is 0 Å². The lowest BCUT2D eigenvalue weighted by molar-refractivity contribution is -0.141. The smallest absolute Gasteiger partial charge is 0.295 e. The summed E-state index contributed by atoms with van der Waals surface area (Å²) in [5, 5.41) is 10.8. The highest BCUT2D eigenvalue weighted by Crippen LogP contribution is 2.42. The van der Waals surface area contributed by atoms with Crippen LogP contribution < -0.4 is 0 Å². The van der Waals surface area contributed by atoms with Crippen LogP contribution in [0.2, 0.25) is 0 Å². The lowest BCUT2D eigenvalue weighted by atomic mass is 9.94. The van der Waals surface area contributed by atoms with Gasteiger partial charge in [0.1, 0.15) is 11.6 Å². The van der Waals surface area contributed by atoms with Gasteiger partial charge in [-0.3, -0.25) is 9.59 Å². The van der Waals surface area contributed by atoms with Crippen LogP contribution in [0.5, 0.6) is 0 Å². The standard InChI is InChI=1S/C21H18FNO5S/c22-16-9-5-4-8-15(16)18-17(19(24)13-6-2-1-3-7-13)20(25)21(26)23(18)14-10-11-29(27,28)12-14/h1-9,14,18,24H,10-12H2. The summed E-state index contributed by atoms with van der Waals surface area (Å²) in [5.41, 5.74) is 0.106. The van der Waals surface area contributed by atoms with Gasteiger partial charge < -0.3 is 10.0 Å². The second-order valence-electron chi connectivity index (χ2n) is 7.15. The number of amides is 1. The topological polar surface area (TPSA) is 91.8 Å². The zero-order valence-electron chi connectivity index (χ0n) is 15.3. The minimum Gasteiger partial charge on any atom is -0.507 e. The van der Waals surface area contributed by atoms with Crippen molar-refractivity contribution in [2.45, 2.75) is 18.5 Å². The van der Waals surface area contributed by atoms with E-state index in [-0.39, 0.29) is 29.1 Å². The first-order valence-corrected chi connectivity index (χ1v) is 10.9. The molecule has 0 saturated carbocycles. The molecule has 2 saturated heterocycles. The second kappa shape index (κ2) is 7.11. The van der Waals surface area contributed by atoms with E-state index in [1.165, 1.54) is 18.2 Å². The van der Waals surface area contributed by atoms with Crippen LogP contribution in [0.4, 0.5) is 4.39 Å². The molecule has 8 heteroatoms. The molecule has 2 aromatic carbocycles. The number of sulfone groups is 1. The van der Waals surface area contributed by atoms with E-state index in [4.69, 9.17) is 0 Å². The summed E-state index contributed by atoms with van der Waals surface area (Å²) in [4.78, 5) is 26.8. The van der Waals surface area contributed by atoms with Gasteiger partial charge in [-0.05, 0) is 12.5 Å². The summed E-state index contributed by atoms with van der Waals surface area (Å²) in [5.74, 6) is -3.36. The Hall–Kier alpha value is -3.00. The number of likely N-dealkylation sites (tertiary alicyclic amines) is 1. The van der Waals surface area contributed by atoms with Crippen molar-refractivity contribution in [3.63, 3.8) is 0 Å². The zero-order chi connectivity index (χ0) is 20.8. The van der Waals surface area contributed by atoms with E-state index in [0.717, 1.165) is 4.90 Å². The van der Waals surface area contributed by atoms with Crippen molar-refractivity contribution in [1.82, 2.24) is 4.90 Å². The highest BCUT2D eigenvalue weighted by atomic mass is 32.2. The Balaban J connectivity index is 1.92. The molecule has 2 atom stereocenters. The number of rotatable bonds is 3. The van der Waals surface area contributed by atoms with E-state index in [2.05, 4.69) is 0 Å². The SMILES string of the molecule is O=C1C(=O)N(C2CCS(=O)(=O)C2)C(c2ccccc2F)C1=C(O)c1ccccc1. The van der Waals surface area contributed by atoms with Crippen LogP contribution in [0.1, 0.15) is 23.6 Å². The first-order chi connectivity index (χ1) is 13.8.